The number of carbonyl (C=O) groups is 1. The standard InChI is InChI=1S/C26H25N5O4S/c1-31-13-21(25(32)30-28-11-16-2-5-23-24(8-16)35-15-34-23)20-9-17(3-4-22(20)31)26-29-18(14-36-26)10-19-12-27-6-7-33-19/h2-5,8-9,11,13-14,19,27H,6-7,10,12,15H2,1H3,(H,30,32)/b28-11+. The second-order valence-corrected chi connectivity index (χ2v) is 9.60. The molecule has 1 unspecified atom stereocenters. The number of ether oxygens (including phenoxy) is 3. The lowest BCUT2D eigenvalue weighted by molar-refractivity contribution is 0.0287. The van der Waals surface area contributed by atoms with Gasteiger partial charge in [0.05, 0.1) is 30.2 Å². The second kappa shape index (κ2) is 9.73. The summed E-state index contributed by atoms with van der Waals surface area (Å²) in [5.41, 5.74) is 6.95. The maximum atomic E-state index is 13.0. The highest BCUT2D eigenvalue weighted by atomic mass is 32.1. The van der Waals surface area contributed by atoms with Crippen molar-refractivity contribution in [3.63, 3.8) is 0 Å². The van der Waals surface area contributed by atoms with E-state index in [9.17, 15) is 4.79 Å². The highest BCUT2D eigenvalue weighted by molar-refractivity contribution is 7.13. The lowest BCUT2D eigenvalue weighted by Gasteiger charge is -2.22. The molecule has 2 aliphatic rings. The van der Waals surface area contributed by atoms with E-state index in [1.54, 1.807) is 17.6 Å². The van der Waals surface area contributed by atoms with Crippen molar-refractivity contribution in [1.82, 2.24) is 20.3 Å². The van der Waals surface area contributed by atoms with Gasteiger partial charge in [-0.05, 0) is 42.0 Å². The molecule has 184 valence electrons. The molecular formula is C26H25N5O4S. The predicted octanol–water partition coefficient (Wildman–Crippen LogP) is 3.33. The normalized spacial score (nSPS) is 17.2. The highest BCUT2D eigenvalue weighted by Crippen LogP contribution is 2.32. The fourth-order valence-corrected chi connectivity index (χ4v) is 5.27. The number of fused-ring (bicyclic) bond motifs is 2. The van der Waals surface area contributed by atoms with Crippen molar-refractivity contribution >= 4 is 34.4 Å². The predicted molar refractivity (Wildman–Crippen MR) is 138 cm³/mol. The number of hydrogen-bond acceptors (Lipinski definition) is 8. The Hall–Kier alpha value is -3.73. The molecule has 6 rings (SSSR count). The summed E-state index contributed by atoms with van der Waals surface area (Å²) in [5, 5.41) is 11.4. The molecule has 0 spiro atoms. The Morgan fingerprint density at radius 1 is 1.28 bits per heavy atom. The molecule has 4 aromatic rings. The van der Waals surface area contributed by atoms with Gasteiger partial charge in [0.1, 0.15) is 5.01 Å². The Morgan fingerprint density at radius 2 is 2.19 bits per heavy atom. The lowest BCUT2D eigenvalue weighted by Crippen LogP contribution is -2.39. The fraction of sp³-hybridized carbons (Fsp3) is 0.269. The first-order valence-electron chi connectivity index (χ1n) is 11.7. The molecule has 0 bridgehead atoms. The van der Waals surface area contributed by atoms with Gasteiger partial charge in [0, 0.05) is 54.6 Å². The number of benzene rings is 2. The van der Waals surface area contributed by atoms with Crippen LogP contribution in [0.5, 0.6) is 11.5 Å². The monoisotopic (exact) mass is 503 g/mol. The number of morpholine rings is 1. The first-order valence-corrected chi connectivity index (χ1v) is 12.6. The summed E-state index contributed by atoms with van der Waals surface area (Å²) >= 11 is 1.60. The van der Waals surface area contributed by atoms with E-state index in [1.807, 2.05) is 54.2 Å². The first-order chi connectivity index (χ1) is 17.6. The van der Waals surface area contributed by atoms with E-state index in [0.29, 0.717) is 17.1 Å². The minimum Gasteiger partial charge on any atom is -0.454 e. The summed E-state index contributed by atoms with van der Waals surface area (Å²) in [5.74, 6) is 1.09. The second-order valence-electron chi connectivity index (χ2n) is 8.74. The van der Waals surface area contributed by atoms with Crippen LogP contribution in [0.2, 0.25) is 0 Å². The molecule has 1 atom stereocenters. The number of thiazole rings is 1. The third kappa shape index (κ3) is 4.58. The van der Waals surface area contributed by atoms with Crippen molar-refractivity contribution in [2.45, 2.75) is 12.5 Å². The molecule has 36 heavy (non-hydrogen) atoms. The molecule has 0 saturated carbocycles. The molecule has 1 amide bonds. The van der Waals surface area contributed by atoms with Gasteiger partial charge < -0.3 is 24.1 Å². The van der Waals surface area contributed by atoms with Crippen molar-refractivity contribution in [3.8, 4) is 22.1 Å². The maximum Gasteiger partial charge on any atom is 0.273 e. The van der Waals surface area contributed by atoms with Gasteiger partial charge in [-0.3, -0.25) is 4.79 Å². The number of amides is 1. The third-order valence-electron chi connectivity index (χ3n) is 6.25. The summed E-state index contributed by atoms with van der Waals surface area (Å²) in [6, 6.07) is 11.6. The quantitative estimate of drug-likeness (QED) is 0.309. The summed E-state index contributed by atoms with van der Waals surface area (Å²) in [4.78, 5) is 17.8. The fourth-order valence-electron chi connectivity index (χ4n) is 4.44. The zero-order valence-electron chi connectivity index (χ0n) is 19.7. The van der Waals surface area contributed by atoms with Gasteiger partial charge in [0.15, 0.2) is 11.5 Å². The van der Waals surface area contributed by atoms with Crippen LogP contribution in [0.25, 0.3) is 21.5 Å². The average Bonchev–Trinajstić information content (AvgIpc) is 3.63. The molecule has 1 fully saturated rings. The minimum absolute atomic E-state index is 0.152. The molecule has 0 aliphatic carbocycles. The summed E-state index contributed by atoms with van der Waals surface area (Å²) in [6.07, 6.45) is 4.34. The van der Waals surface area contributed by atoms with Crippen LogP contribution in [0.15, 0.2) is 53.1 Å². The third-order valence-corrected chi connectivity index (χ3v) is 7.19. The van der Waals surface area contributed by atoms with Gasteiger partial charge in [-0.15, -0.1) is 11.3 Å². The average molecular weight is 504 g/mol. The van der Waals surface area contributed by atoms with Crippen LogP contribution < -0.4 is 20.2 Å². The number of aryl methyl sites for hydroxylation is 1. The van der Waals surface area contributed by atoms with E-state index >= 15 is 0 Å². The Kier molecular flexibility index (Phi) is 6.14. The van der Waals surface area contributed by atoms with Gasteiger partial charge >= 0.3 is 0 Å². The molecule has 2 aromatic carbocycles. The van der Waals surface area contributed by atoms with E-state index in [2.05, 4.69) is 21.2 Å². The van der Waals surface area contributed by atoms with Crippen molar-refractivity contribution < 1.29 is 19.0 Å². The van der Waals surface area contributed by atoms with Gasteiger partial charge in [0.2, 0.25) is 6.79 Å². The molecule has 4 heterocycles. The SMILES string of the molecule is Cn1cc(C(=O)N/N=C/c2ccc3c(c2)OCO3)c2cc(-c3nc(CC4CNCCO4)cs3)ccc21. The highest BCUT2D eigenvalue weighted by Gasteiger charge is 2.18. The van der Waals surface area contributed by atoms with E-state index in [0.717, 1.165) is 58.8 Å². The van der Waals surface area contributed by atoms with Crippen molar-refractivity contribution in [2.75, 3.05) is 26.5 Å². The Balaban J connectivity index is 1.20. The number of carbonyl (C=O) groups excluding carboxylic acids is 1. The zero-order valence-corrected chi connectivity index (χ0v) is 20.5. The number of nitrogens with one attached hydrogen (secondary N) is 2. The molecule has 10 heteroatoms. The molecule has 9 nitrogen and oxygen atoms in total. The largest absolute Gasteiger partial charge is 0.454 e. The van der Waals surface area contributed by atoms with Gasteiger partial charge in [-0.2, -0.15) is 5.10 Å². The summed E-state index contributed by atoms with van der Waals surface area (Å²) in [6.45, 7) is 2.69. The van der Waals surface area contributed by atoms with Crippen LogP contribution in [-0.2, 0) is 18.2 Å². The van der Waals surface area contributed by atoms with Crippen LogP contribution in [-0.4, -0.2) is 54.3 Å². The van der Waals surface area contributed by atoms with E-state index in [4.69, 9.17) is 19.2 Å². The number of aromatic nitrogens is 2. The van der Waals surface area contributed by atoms with E-state index in [-0.39, 0.29) is 18.8 Å². The molecular weight excluding hydrogens is 478 g/mol. The summed E-state index contributed by atoms with van der Waals surface area (Å²) in [7, 11) is 1.92. The molecule has 2 aliphatic heterocycles. The minimum atomic E-state index is -0.281. The Bertz CT molecular complexity index is 1450. The smallest absolute Gasteiger partial charge is 0.273 e. The van der Waals surface area contributed by atoms with Crippen molar-refractivity contribution in [3.05, 3.63) is 64.8 Å². The van der Waals surface area contributed by atoms with Crippen molar-refractivity contribution in [2.24, 2.45) is 12.1 Å². The van der Waals surface area contributed by atoms with Crippen LogP contribution in [0.1, 0.15) is 21.6 Å². The maximum absolute atomic E-state index is 13.0. The van der Waals surface area contributed by atoms with Gasteiger partial charge in [-0.25, -0.2) is 10.4 Å². The molecule has 2 aromatic heterocycles. The number of rotatable bonds is 6. The van der Waals surface area contributed by atoms with E-state index in [1.165, 1.54) is 0 Å². The van der Waals surface area contributed by atoms with Gasteiger partial charge in [0.25, 0.3) is 5.91 Å². The number of nitrogens with zero attached hydrogens (tertiary/aromatic N) is 3. The van der Waals surface area contributed by atoms with Crippen molar-refractivity contribution in [1.29, 1.82) is 0 Å². The number of hydrazone groups is 1. The molecule has 1 saturated heterocycles. The van der Waals surface area contributed by atoms with Crippen LogP contribution >= 0.6 is 11.3 Å². The lowest BCUT2D eigenvalue weighted by atomic mass is 10.1. The van der Waals surface area contributed by atoms with Gasteiger partial charge in [-0.1, -0.05) is 0 Å². The number of hydrogen-bond donors (Lipinski definition) is 2. The zero-order chi connectivity index (χ0) is 24.5. The van der Waals surface area contributed by atoms with Crippen LogP contribution in [0.3, 0.4) is 0 Å². The van der Waals surface area contributed by atoms with E-state index < -0.39 is 0 Å². The molecule has 0 radical (unpaired) electrons. The van der Waals surface area contributed by atoms with Crippen LogP contribution in [0.4, 0.5) is 0 Å². The Labute approximate surface area is 211 Å². The Morgan fingerprint density at radius 3 is 3.08 bits per heavy atom. The van der Waals surface area contributed by atoms with Crippen LogP contribution in [0, 0.1) is 0 Å². The molecule has 2 N–H and O–H groups in total. The first kappa shape index (κ1) is 22.7. The summed E-state index contributed by atoms with van der Waals surface area (Å²) < 4.78 is 18.5. The topological polar surface area (TPSA) is 99.0 Å².